The van der Waals surface area contributed by atoms with Crippen LogP contribution in [0.15, 0.2) is 106 Å². The molecule has 0 spiro atoms. The number of para-hydroxylation sites is 1. The van der Waals surface area contributed by atoms with Crippen molar-refractivity contribution in [1.29, 1.82) is 0 Å². The highest BCUT2D eigenvalue weighted by atomic mass is 16.6. The van der Waals surface area contributed by atoms with Gasteiger partial charge in [0, 0.05) is 84.1 Å². The van der Waals surface area contributed by atoms with Crippen molar-refractivity contribution in [3.8, 4) is 22.5 Å². The van der Waals surface area contributed by atoms with Crippen molar-refractivity contribution in [1.82, 2.24) is 41.8 Å². The summed E-state index contributed by atoms with van der Waals surface area (Å²) in [7, 11) is 0. The number of nitrogens with zero attached hydrogens (tertiary/aromatic N) is 4. The first-order valence-electron chi connectivity index (χ1n) is 29.9. The molecule has 1 heterocycles. The number of nitro groups is 1. The Kier molecular flexibility index (Phi) is 27.6. The second-order valence-corrected chi connectivity index (χ2v) is 21.3. The van der Waals surface area contributed by atoms with Gasteiger partial charge in [0.1, 0.15) is 48.6 Å². The van der Waals surface area contributed by atoms with Gasteiger partial charge >= 0.3 is 11.9 Å². The highest BCUT2D eigenvalue weighted by molar-refractivity contribution is 6.04. The molecular formula is C63H82N13O15+. The van der Waals surface area contributed by atoms with Gasteiger partial charge in [-0.1, -0.05) is 36.9 Å². The summed E-state index contributed by atoms with van der Waals surface area (Å²) < 4.78 is 8.88. The van der Waals surface area contributed by atoms with Gasteiger partial charge in [-0.3, -0.25) is 53.5 Å². The van der Waals surface area contributed by atoms with Gasteiger partial charge in [0.05, 0.1) is 42.2 Å². The third-order valence-corrected chi connectivity index (χ3v) is 14.9. The third-order valence-electron chi connectivity index (χ3n) is 14.9. The second-order valence-electron chi connectivity index (χ2n) is 21.3. The van der Waals surface area contributed by atoms with Crippen molar-refractivity contribution in [2.75, 3.05) is 57.3 Å². The molecule has 3 aromatic rings. The average molecular weight is 1260 g/mol. The third kappa shape index (κ3) is 20.9. The number of anilines is 1. The van der Waals surface area contributed by atoms with E-state index >= 15 is 0 Å². The molecule has 0 aromatic heterocycles. The molecule has 0 radical (unpaired) electrons. The lowest BCUT2D eigenvalue weighted by Crippen LogP contribution is -2.56. The molecule has 28 nitrogen and oxygen atoms in total. The number of carboxylic acid groups (broad SMARTS) is 2. The van der Waals surface area contributed by atoms with E-state index in [-0.39, 0.29) is 80.8 Å². The van der Waals surface area contributed by atoms with Crippen molar-refractivity contribution in [2.45, 2.75) is 116 Å². The molecule has 0 fully saturated rings. The van der Waals surface area contributed by atoms with Gasteiger partial charge < -0.3 is 73.3 Å². The Labute approximate surface area is 525 Å². The molecule has 1 unspecified atom stereocenters. The number of amides is 7. The molecule has 28 heteroatoms. The maximum Gasteiger partial charge on any atom is 0.328 e. The monoisotopic (exact) mass is 1260 g/mol. The van der Waals surface area contributed by atoms with Crippen molar-refractivity contribution >= 4 is 81.6 Å². The second kappa shape index (κ2) is 35.1. The summed E-state index contributed by atoms with van der Waals surface area (Å²) in [5.41, 5.74) is 15.4. The van der Waals surface area contributed by atoms with E-state index < -0.39 is 108 Å². The van der Waals surface area contributed by atoms with E-state index in [1.165, 1.54) is 31.2 Å². The van der Waals surface area contributed by atoms with Gasteiger partial charge in [0.25, 0.3) is 11.6 Å². The molecule has 2 aliphatic rings. The summed E-state index contributed by atoms with van der Waals surface area (Å²) in [4.78, 5) is 136. The van der Waals surface area contributed by atoms with Crippen LogP contribution in [0.25, 0.3) is 33.4 Å². The molecule has 0 saturated carbocycles. The van der Waals surface area contributed by atoms with Crippen molar-refractivity contribution < 1.29 is 67.8 Å². The Morgan fingerprint density at radius 2 is 1.40 bits per heavy atom. The topological polar surface area (TPSA) is 425 Å². The summed E-state index contributed by atoms with van der Waals surface area (Å²) in [5, 5.41) is 59.2. The molecule has 0 bridgehead atoms. The lowest BCUT2D eigenvalue weighted by Gasteiger charge is -2.24. The van der Waals surface area contributed by atoms with E-state index in [9.17, 15) is 68.6 Å². The van der Waals surface area contributed by atoms with E-state index in [0.29, 0.717) is 16.9 Å². The number of nitrogens with one attached hydrogen (secondary N) is 7. The quantitative estimate of drug-likeness (QED) is 0.00401. The van der Waals surface area contributed by atoms with Crippen LogP contribution in [-0.4, -0.2) is 156 Å². The summed E-state index contributed by atoms with van der Waals surface area (Å²) in [6.07, 6.45) is -1.29. The molecular weight excluding hydrogens is 1180 g/mol. The molecule has 5 atom stereocenters. The van der Waals surface area contributed by atoms with Crippen LogP contribution in [0.1, 0.15) is 108 Å². The number of unbranched alkanes of at least 4 members (excludes halogenated alkanes) is 1. The Morgan fingerprint density at radius 3 is 2.04 bits per heavy atom. The number of nitro benzene ring substituents is 1. The first-order valence-corrected chi connectivity index (χ1v) is 29.9. The number of carboxylic acids is 2. The molecule has 14 N–H and O–H groups in total. The number of benzene rings is 4. The van der Waals surface area contributed by atoms with Crippen LogP contribution in [0.5, 0.6) is 0 Å². The molecule has 91 heavy (non-hydrogen) atoms. The van der Waals surface area contributed by atoms with Crippen LogP contribution in [0, 0.1) is 10.1 Å². The fourth-order valence-electron chi connectivity index (χ4n) is 10.1. The Bertz CT molecular complexity index is 3540. The van der Waals surface area contributed by atoms with Gasteiger partial charge in [-0.25, -0.2) is 9.37 Å². The lowest BCUT2D eigenvalue weighted by molar-refractivity contribution is -0.385. The zero-order chi connectivity index (χ0) is 66.9. The first kappa shape index (κ1) is 71.5. The van der Waals surface area contributed by atoms with Crippen molar-refractivity contribution in [3.05, 3.63) is 124 Å². The fourth-order valence-corrected chi connectivity index (χ4v) is 10.1. The first-order chi connectivity index (χ1) is 43.4. The number of aliphatic imine (C=N–C) groups is 1. The van der Waals surface area contributed by atoms with Crippen LogP contribution in [0.4, 0.5) is 11.4 Å². The lowest BCUT2D eigenvalue weighted by atomic mass is 9.92. The largest absolute Gasteiger partial charge is 0.481 e. The zero-order valence-corrected chi connectivity index (χ0v) is 51.7. The number of carbonyl (C=O) groups is 9. The fraction of sp³-hybridized carbons (Fsp3) is 0.413. The van der Waals surface area contributed by atoms with E-state index in [2.05, 4.69) is 92.8 Å². The minimum atomic E-state index is -1.85. The number of hydrogen-bond donors (Lipinski definition) is 12. The molecule has 1 aliphatic heterocycles. The summed E-state index contributed by atoms with van der Waals surface area (Å²) in [6.45, 7) is 14.8. The number of aliphatic hydroxyl groups is 1. The van der Waals surface area contributed by atoms with Gasteiger partial charge in [0.15, 0.2) is 5.96 Å². The number of aliphatic hydroxyl groups excluding tert-OH is 1. The number of guanidine groups is 1. The summed E-state index contributed by atoms with van der Waals surface area (Å²) >= 11 is 0. The van der Waals surface area contributed by atoms with Crippen LogP contribution >= 0.6 is 0 Å². The number of fused-ring (bicyclic) bond motifs is 2. The molecule has 1 aliphatic carbocycles. The standard InChI is InChI=1S/C63H81N13O15/c1-7-74(8-2)40-23-25-43-51(32-40)91-52-33-41(75(9-3)10-4)24-26-44(52)56(43)38-17-15-18-39(31-38)58(83)66-29-14-13-20-47(69-53(78)28-27-45(71-57(82)37(5)6)42-19-11-12-22-50(42)76(89)90)60(85)72-46(21-16-30-67-63(64)65)59(84)68-35-54(79)70-48(34-55(80)81)61(86)73-49(36-77)62(87)88/h11-12,15,17-19,22-26,31-33,45-49,77H,5,7-10,13-14,16,20-21,27-30,34-36H2,1-4,6H3,(H12-,64,65,66,67,68,69,70,71,72,73,78,79,80,81,82,83,84,85,86,87,88)/p+1/t45?,46-,47-,48-,49-/m0/s1. The van der Waals surface area contributed by atoms with Crippen LogP contribution in [-0.2, 0) is 38.4 Å². The number of nitrogens with two attached hydrogens (primary N) is 2. The van der Waals surface area contributed by atoms with Crippen molar-refractivity contribution in [3.63, 3.8) is 0 Å². The number of hydrogen-bond acceptors (Lipinski definition) is 15. The Balaban J connectivity index is 1.39. The summed E-state index contributed by atoms with van der Waals surface area (Å²) in [6, 6.07) is 17.5. The van der Waals surface area contributed by atoms with E-state index in [4.69, 9.17) is 15.9 Å². The molecule has 3 aromatic carbocycles. The van der Waals surface area contributed by atoms with Gasteiger partial charge in [-0.2, -0.15) is 0 Å². The van der Waals surface area contributed by atoms with E-state index in [1.54, 1.807) is 12.1 Å². The number of aliphatic carboxylic acids is 2. The Hall–Kier alpha value is -10.2. The maximum atomic E-state index is 14.4. The highest BCUT2D eigenvalue weighted by Gasteiger charge is 2.32. The average Bonchev–Trinajstić information content (AvgIpc) is 0.773. The highest BCUT2D eigenvalue weighted by Crippen LogP contribution is 2.41. The predicted molar refractivity (Wildman–Crippen MR) is 340 cm³/mol. The van der Waals surface area contributed by atoms with Crippen LogP contribution in [0.2, 0.25) is 0 Å². The molecule has 488 valence electrons. The normalized spacial score (nSPS) is 12.6. The van der Waals surface area contributed by atoms with Crippen LogP contribution in [0.3, 0.4) is 0 Å². The minimum absolute atomic E-state index is 0.0231. The van der Waals surface area contributed by atoms with E-state index in [1.807, 2.05) is 41.7 Å². The molecule has 5 rings (SSSR count). The van der Waals surface area contributed by atoms with Gasteiger partial charge in [-0.15, -0.1) is 0 Å². The maximum absolute atomic E-state index is 14.4. The molecule has 0 saturated heterocycles. The minimum Gasteiger partial charge on any atom is -0.481 e. The number of carbonyl (C=O) groups excluding carboxylic acids is 7. The van der Waals surface area contributed by atoms with Crippen LogP contribution < -0.4 is 63.5 Å². The SMILES string of the molecule is C=C(C)C(=O)NC(CCC(=O)N[C@@H](CCCCNC(=O)c1cccc(-c2c3ccc(=[N+](CC)CC)cc-3oc3cc(N(CC)CC)ccc23)c1)C(=O)N[C@@H](CCCN=C(N)N)C(=O)NCC(=O)N[C@@H](CC(=O)O)C(=O)N[C@@H](CO)C(=O)O)c1ccccc1[N+](=O)[O-]. The Morgan fingerprint density at radius 1 is 0.725 bits per heavy atom. The van der Waals surface area contributed by atoms with E-state index in [0.717, 1.165) is 59.3 Å². The van der Waals surface area contributed by atoms with Crippen molar-refractivity contribution in [2.24, 2.45) is 16.5 Å². The van der Waals surface area contributed by atoms with Gasteiger partial charge in [0.2, 0.25) is 40.8 Å². The number of rotatable bonds is 36. The van der Waals surface area contributed by atoms with Gasteiger partial charge in [-0.05, 0) is 109 Å². The molecule has 7 amide bonds. The summed E-state index contributed by atoms with van der Waals surface area (Å²) in [5.74, 6) is -8.79. The predicted octanol–water partition coefficient (Wildman–Crippen LogP) is 2.55. The zero-order valence-electron chi connectivity index (χ0n) is 51.7. The smallest absolute Gasteiger partial charge is 0.328 e.